The summed E-state index contributed by atoms with van der Waals surface area (Å²) in [4.78, 5) is 13.6. The molecule has 0 aromatic rings. The third-order valence-corrected chi connectivity index (χ3v) is 2.66. The van der Waals surface area contributed by atoms with Crippen molar-refractivity contribution in [2.45, 2.75) is 25.4 Å². The molecule has 0 bridgehead atoms. The molecule has 13 heavy (non-hydrogen) atoms. The number of rotatable bonds is 1. The minimum Gasteiger partial charge on any atom is -0.462 e. The van der Waals surface area contributed by atoms with E-state index < -0.39 is 0 Å². The van der Waals surface area contributed by atoms with E-state index in [1.54, 1.807) is 0 Å². The normalized spacial score (nSPS) is 31.4. The van der Waals surface area contributed by atoms with Crippen LogP contribution in [0, 0.1) is 0 Å². The van der Waals surface area contributed by atoms with Gasteiger partial charge in [0.2, 0.25) is 0 Å². The summed E-state index contributed by atoms with van der Waals surface area (Å²) in [6, 6.07) is 0. The highest BCUT2D eigenvalue weighted by Gasteiger charge is 2.30. The van der Waals surface area contributed by atoms with Crippen LogP contribution < -0.4 is 5.32 Å². The van der Waals surface area contributed by atoms with E-state index in [-0.39, 0.29) is 12.1 Å². The standard InChI is InChI=1S/C9H16N2O2/c12-9-8(10-4-7-13-9)11-5-2-1-3-6-11/h8,10H,1-7H2. The second-order valence-corrected chi connectivity index (χ2v) is 3.62. The van der Waals surface area contributed by atoms with E-state index >= 15 is 0 Å². The van der Waals surface area contributed by atoms with Gasteiger partial charge in [0.1, 0.15) is 6.61 Å². The number of carbonyl (C=O) groups excluding carboxylic acids is 1. The maximum atomic E-state index is 11.4. The Morgan fingerprint density at radius 1 is 1.31 bits per heavy atom. The van der Waals surface area contributed by atoms with Gasteiger partial charge < -0.3 is 4.74 Å². The molecule has 4 nitrogen and oxygen atoms in total. The number of hydrogen-bond acceptors (Lipinski definition) is 4. The number of hydrogen-bond donors (Lipinski definition) is 1. The van der Waals surface area contributed by atoms with Gasteiger partial charge in [0.15, 0.2) is 6.17 Å². The first kappa shape index (κ1) is 8.97. The third-order valence-electron chi connectivity index (χ3n) is 2.66. The maximum absolute atomic E-state index is 11.4. The highest BCUT2D eigenvalue weighted by molar-refractivity contribution is 5.75. The molecule has 0 aromatic carbocycles. The molecule has 0 amide bonds. The Morgan fingerprint density at radius 3 is 2.77 bits per heavy atom. The van der Waals surface area contributed by atoms with Gasteiger partial charge in [0, 0.05) is 19.6 Å². The highest BCUT2D eigenvalue weighted by Crippen LogP contribution is 2.12. The molecule has 1 atom stereocenters. The van der Waals surface area contributed by atoms with Crippen LogP contribution in [0.15, 0.2) is 0 Å². The van der Waals surface area contributed by atoms with Crippen LogP contribution >= 0.6 is 0 Å². The van der Waals surface area contributed by atoms with E-state index in [2.05, 4.69) is 10.2 Å². The first-order valence-corrected chi connectivity index (χ1v) is 5.02. The van der Waals surface area contributed by atoms with Gasteiger partial charge in [-0.2, -0.15) is 0 Å². The molecule has 74 valence electrons. The van der Waals surface area contributed by atoms with Crippen molar-refractivity contribution >= 4 is 5.97 Å². The number of esters is 1. The summed E-state index contributed by atoms with van der Waals surface area (Å²) in [5, 5.41) is 3.19. The zero-order valence-electron chi connectivity index (χ0n) is 7.79. The van der Waals surface area contributed by atoms with Crippen molar-refractivity contribution in [3.8, 4) is 0 Å². The molecule has 2 saturated heterocycles. The van der Waals surface area contributed by atoms with Gasteiger partial charge in [0.25, 0.3) is 0 Å². The van der Waals surface area contributed by atoms with Crippen LogP contribution in [0.4, 0.5) is 0 Å². The van der Waals surface area contributed by atoms with E-state index in [0.29, 0.717) is 6.61 Å². The molecule has 2 rings (SSSR count). The van der Waals surface area contributed by atoms with Gasteiger partial charge >= 0.3 is 5.97 Å². The topological polar surface area (TPSA) is 41.6 Å². The Hall–Kier alpha value is -0.610. The number of cyclic esters (lactones) is 1. The van der Waals surface area contributed by atoms with Crippen LogP contribution in [0.25, 0.3) is 0 Å². The number of nitrogens with one attached hydrogen (secondary N) is 1. The average Bonchev–Trinajstić information content (AvgIpc) is 2.20. The first-order chi connectivity index (χ1) is 6.38. The molecule has 0 aromatic heterocycles. The smallest absolute Gasteiger partial charge is 0.338 e. The van der Waals surface area contributed by atoms with Gasteiger partial charge in [-0.15, -0.1) is 0 Å². The van der Waals surface area contributed by atoms with Crippen LogP contribution in [0.5, 0.6) is 0 Å². The quantitative estimate of drug-likeness (QED) is 0.580. The summed E-state index contributed by atoms with van der Waals surface area (Å²) in [7, 11) is 0. The summed E-state index contributed by atoms with van der Waals surface area (Å²) >= 11 is 0. The lowest BCUT2D eigenvalue weighted by atomic mass is 10.1. The summed E-state index contributed by atoms with van der Waals surface area (Å²) < 4.78 is 5.00. The van der Waals surface area contributed by atoms with Crippen molar-refractivity contribution in [1.29, 1.82) is 0 Å². The van der Waals surface area contributed by atoms with Gasteiger partial charge in [-0.3, -0.25) is 10.2 Å². The minimum absolute atomic E-state index is 0.104. The number of morpholine rings is 1. The Labute approximate surface area is 78.2 Å². The summed E-state index contributed by atoms with van der Waals surface area (Å²) in [6.45, 7) is 3.34. The van der Waals surface area contributed by atoms with Gasteiger partial charge in [0.05, 0.1) is 0 Å². The van der Waals surface area contributed by atoms with Gasteiger partial charge in [-0.05, 0) is 12.8 Å². The van der Waals surface area contributed by atoms with E-state index in [1.807, 2.05) is 0 Å². The van der Waals surface area contributed by atoms with Crippen LogP contribution in [-0.4, -0.2) is 43.3 Å². The molecule has 0 aliphatic carbocycles. The molecular formula is C9H16N2O2. The average molecular weight is 184 g/mol. The number of likely N-dealkylation sites (tertiary alicyclic amines) is 1. The molecule has 2 aliphatic rings. The number of nitrogens with zero attached hydrogens (tertiary/aromatic N) is 1. The zero-order valence-corrected chi connectivity index (χ0v) is 7.79. The van der Waals surface area contributed by atoms with E-state index in [0.717, 1.165) is 19.6 Å². The van der Waals surface area contributed by atoms with Crippen LogP contribution in [0.2, 0.25) is 0 Å². The molecule has 0 radical (unpaired) electrons. The van der Waals surface area contributed by atoms with Gasteiger partial charge in [-0.1, -0.05) is 6.42 Å². The monoisotopic (exact) mass is 184 g/mol. The maximum Gasteiger partial charge on any atom is 0.338 e. The van der Waals surface area contributed by atoms with Crippen molar-refractivity contribution < 1.29 is 9.53 Å². The second-order valence-electron chi connectivity index (χ2n) is 3.62. The fourth-order valence-electron chi connectivity index (χ4n) is 1.96. The van der Waals surface area contributed by atoms with Crippen molar-refractivity contribution in [1.82, 2.24) is 10.2 Å². The predicted molar refractivity (Wildman–Crippen MR) is 48.2 cm³/mol. The summed E-state index contributed by atoms with van der Waals surface area (Å²) in [5.74, 6) is -0.104. The van der Waals surface area contributed by atoms with E-state index in [9.17, 15) is 4.79 Å². The lowest BCUT2D eigenvalue weighted by Gasteiger charge is -2.35. The number of carbonyl (C=O) groups is 1. The lowest BCUT2D eigenvalue weighted by Crippen LogP contribution is -2.57. The Balaban J connectivity index is 1.92. The number of ether oxygens (including phenoxy) is 1. The fourth-order valence-corrected chi connectivity index (χ4v) is 1.96. The molecule has 2 fully saturated rings. The molecule has 2 heterocycles. The zero-order chi connectivity index (χ0) is 9.10. The van der Waals surface area contributed by atoms with Crippen molar-refractivity contribution in [3.63, 3.8) is 0 Å². The Kier molecular flexibility index (Phi) is 2.80. The molecule has 0 spiro atoms. The molecule has 4 heteroatoms. The molecule has 2 aliphatic heterocycles. The van der Waals surface area contributed by atoms with Crippen LogP contribution in [0.3, 0.4) is 0 Å². The molecule has 1 unspecified atom stereocenters. The SMILES string of the molecule is O=C1OCCNC1N1CCCCC1. The second kappa shape index (κ2) is 4.07. The van der Waals surface area contributed by atoms with Crippen LogP contribution in [0.1, 0.15) is 19.3 Å². The summed E-state index contributed by atoms with van der Waals surface area (Å²) in [6.07, 6.45) is 3.52. The predicted octanol–water partition coefficient (Wildman–Crippen LogP) is -0.0552. The fraction of sp³-hybridized carbons (Fsp3) is 0.889. The molecule has 1 N–H and O–H groups in total. The van der Waals surface area contributed by atoms with E-state index in [4.69, 9.17) is 4.74 Å². The third kappa shape index (κ3) is 2.00. The lowest BCUT2D eigenvalue weighted by molar-refractivity contribution is -0.156. The number of piperidine rings is 1. The largest absolute Gasteiger partial charge is 0.462 e. The van der Waals surface area contributed by atoms with Crippen molar-refractivity contribution in [2.24, 2.45) is 0 Å². The highest BCUT2D eigenvalue weighted by atomic mass is 16.5. The first-order valence-electron chi connectivity index (χ1n) is 5.02. The Morgan fingerprint density at radius 2 is 2.08 bits per heavy atom. The van der Waals surface area contributed by atoms with Gasteiger partial charge in [-0.25, -0.2) is 4.79 Å². The van der Waals surface area contributed by atoms with Crippen molar-refractivity contribution in [2.75, 3.05) is 26.2 Å². The Bertz CT molecular complexity index is 190. The van der Waals surface area contributed by atoms with E-state index in [1.165, 1.54) is 19.3 Å². The summed E-state index contributed by atoms with van der Waals surface area (Å²) in [5.41, 5.74) is 0. The molecule has 0 saturated carbocycles. The van der Waals surface area contributed by atoms with Crippen LogP contribution in [-0.2, 0) is 9.53 Å². The van der Waals surface area contributed by atoms with Crippen molar-refractivity contribution in [3.05, 3.63) is 0 Å². The minimum atomic E-state index is -0.172. The molecular weight excluding hydrogens is 168 g/mol.